The minimum absolute atomic E-state index is 0.647. The Morgan fingerprint density at radius 3 is 2.90 bits per heavy atom. The van der Waals surface area contributed by atoms with Crippen LogP contribution in [0.4, 0.5) is 5.82 Å². The van der Waals surface area contributed by atoms with E-state index in [9.17, 15) is 0 Å². The fourth-order valence-corrected chi connectivity index (χ4v) is 3.40. The largest absolute Gasteiger partial charge is 0.348 e. The predicted octanol–water partition coefficient (Wildman–Crippen LogP) is 4.42. The van der Waals surface area contributed by atoms with Gasteiger partial charge in [0.2, 0.25) is 0 Å². The van der Waals surface area contributed by atoms with Gasteiger partial charge in [0.1, 0.15) is 16.2 Å². The summed E-state index contributed by atoms with van der Waals surface area (Å²) >= 11 is 5.34. The van der Waals surface area contributed by atoms with E-state index in [2.05, 4.69) is 50.3 Å². The highest BCUT2D eigenvalue weighted by Crippen LogP contribution is 2.33. The lowest BCUT2D eigenvalue weighted by Gasteiger charge is -2.23. The number of nitrogens with zero attached hydrogens (tertiary/aromatic N) is 3. The van der Waals surface area contributed by atoms with Gasteiger partial charge in [-0.15, -0.1) is 11.3 Å². The topological polar surface area (TPSA) is 29.0 Å². The Labute approximate surface area is 132 Å². The van der Waals surface area contributed by atoms with Crippen LogP contribution in [-0.4, -0.2) is 16.0 Å². The zero-order valence-electron chi connectivity index (χ0n) is 11.6. The molecule has 2 heterocycles. The molecule has 0 atom stereocenters. The highest BCUT2D eigenvalue weighted by atomic mass is 79.9. The van der Waals surface area contributed by atoms with Crippen molar-refractivity contribution >= 4 is 33.1 Å². The second-order valence-electron chi connectivity index (χ2n) is 5.15. The van der Waals surface area contributed by atoms with Crippen molar-refractivity contribution in [1.82, 2.24) is 9.97 Å². The van der Waals surface area contributed by atoms with Crippen LogP contribution >= 0.6 is 27.3 Å². The van der Waals surface area contributed by atoms with Crippen LogP contribution in [0.2, 0.25) is 0 Å². The van der Waals surface area contributed by atoms with Crippen LogP contribution in [0, 0.1) is 0 Å². The molecule has 2 aromatic heterocycles. The normalized spacial score (nSPS) is 14.5. The summed E-state index contributed by atoms with van der Waals surface area (Å²) in [6.07, 6.45) is 4.56. The van der Waals surface area contributed by atoms with E-state index in [-0.39, 0.29) is 0 Å². The van der Waals surface area contributed by atoms with Gasteiger partial charge >= 0.3 is 0 Å². The molecule has 0 aliphatic heterocycles. The van der Waals surface area contributed by atoms with Crippen LogP contribution in [0.5, 0.6) is 0 Å². The average Bonchev–Trinajstić information content (AvgIpc) is 3.12. The summed E-state index contributed by atoms with van der Waals surface area (Å²) in [6.45, 7) is 3.12. The highest BCUT2D eigenvalue weighted by molar-refractivity contribution is 9.10. The van der Waals surface area contributed by atoms with Gasteiger partial charge < -0.3 is 4.90 Å². The first-order chi connectivity index (χ1) is 9.76. The molecule has 1 aliphatic rings. The minimum atomic E-state index is 0.647. The number of halogens is 1. The summed E-state index contributed by atoms with van der Waals surface area (Å²) in [5.41, 5.74) is 0. The molecule has 0 radical (unpaired) electrons. The number of hydrogen-bond acceptors (Lipinski definition) is 4. The number of aromatic nitrogens is 2. The molecule has 0 N–H and O–H groups in total. The van der Waals surface area contributed by atoms with Crippen molar-refractivity contribution < 1.29 is 0 Å². The molecular formula is C15H18BrN3S. The van der Waals surface area contributed by atoms with E-state index in [0.29, 0.717) is 6.04 Å². The van der Waals surface area contributed by atoms with Gasteiger partial charge in [0.05, 0.1) is 6.54 Å². The SMILES string of the molecule is CCCc1nc(Br)cc(N(Cc2cccs2)C2CC2)n1. The lowest BCUT2D eigenvalue weighted by atomic mass is 10.3. The zero-order chi connectivity index (χ0) is 13.9. The number of aryl methyl sites for hydroxylation is 1. The third-order valence-corrected chi connectivity index (χ3v) is 4.66. The maximum absolute atomic E-state index is 4.75. The first-order valence-electron chi connectivity index (χ1n) is 7.08. The van der Waals surface area contributed by atoms with E-state index in [0.717, 1.165) is 35.6 Å². The van der Waals surface area contributed by atoms with Crippen molar-refractivity contribution in [3.05, 3.63) is 38.9 Å². The van der Waals surface area contributed by atoms with E-state index in [4.69, 9.17) is 4.98 Å². The molecule has 2 aromatic rings. The Morgan fingerprint density at radius 1 is 1.40 bits per heavy atom. The van der Waals surface area contributed by atoms with Crippen LogP contribution in [-0.2, 0) is 13.0 Å². The van der Waals surface area contributed by atoms with Crippen molar-refractivity contribution in [2.45, 2.75) is 45.2 Å². The maximum atomic E-state index is 4.75. The van der Waals surface area contributed by atoms with E-state index in [1.54, 1.807) is 0 Å². The molecule has 1 saturated carbocycles. The summed E-state index contributed by atoms with van der Waals surface area (Å²) in [5.74, 6) is 2.00. The monoisotopic (exact) mass is 351 g/mol. The van der Waals surface area contributed by atoms with Crippen LogP contribution in [0.1, 0.15) is 36.9 Å². The average molecular weight is 352 g/mol. The molecule has 0 spiro atoms. The van der Waals surface area contributed by atoms with Crippen molar-refractivity contribution in [3.63, 3.8) is 0 Å². The molecule has 20 heavy (non-hydrogen) atoms. The molecule has 106 valence electrons. The Bertz CT molecular complexity index is 567. The fourth-order valence-electron chi connectivity index (χ4n) is 2.29. The molecule has 0 aromatic carbocycles. The molecule has 3 rings (SSSR count). The molecule has 3 nitrogen and oxygen atoms in total. The van der Waals surface area contributed by atoms with Crippen molar-refractivity contribution in [3.8, 4) is 0 Å². The standard InChI is InChI=1S/C15H18BrN3S/c1-2-4-14-17-13(16)9-15(18-14)19(11-6-7-11)10-12-5-3-8-20-12/h3,5,8-9,11H,2,4,6-7,10H2,1H3. The maximum Gasteiger partial charge on any atom is 0.133 e. The smallest absolute Gasteiger partial charge is 0.133 e. The first kappa shape index (κ1) is 14.0. The van der Waals surface area contributed by atoms with Gasteiger partial charge in [0.15, 0.2) is 0 Å². The van der Waals surface area contributed by atoms with Gasteiger partial charge in [0, 0.05) is 23.4 Å². The third-order valence-electron chi connectivity index (χ3n) is 3.39. The fraction of sp³-hybridized carbons (Fsp3) is 0.467. The molecule has 0 saturated heterocycles. The molecule has 0 amide bonds. The van der Waals surface area contributed by atoms with E-state index >= 15 is 0 Å². The zero-order valence-corrected chi connectivity index (χ0v) is 14.0. The third kappa shape index (κ3) is 3.38. The second kappa shape index (κ2) is 6.22. The number of rotatable bonds is 6. The van der Waals surface area contributed by atoms with Crippen molar-refractivity contribution in [2.75, 3.05) is 4.90 Å². The van der Waals surface area contributed by atoms with Gasteiger partial charge in [-0.05, 0) is 46.6 Å². The summed E-state index contributed by atoms with van der Waals surface area (Å²) in [4.78, 5) is 13.0. The Hall–Kier alpha value is -0.940. The Morgan fingerprint density at radius 2 is 2.25 bits per heavy atom. The van der Waals surface area contributed by atoms with Crippen LogP contribution in [0.15, 0.2) is 28.2 Å². The molecule has 1 aliphatic carbocycles. The lowest BCUT2D eigenvalue weighted by Crippen LogP contribution is -2.26. The Kier molecular flexibility index (Phi) is 4.36. The predicted molar refractivity (Wildman–Crippen MR) is 87.3 cm³/mol. The van der Waals surface area contributed by atoms with E-state index in [1.807, 2.05) is 17.4 Å². The van der Waals surface area contributed by atoms with E-state index < -0.39 is 0 Å². The molecule has 5 heteroatoms. The number of thiophene rings is 1. The minimum Gasteiger partial charge on any atom is -0.348 e. The quantitative estimate of drug-likeness (QED) is 0.721. The lowest BCUT2D eigenvalue weighted by molar-refractivity contribution is 0.759. The van der Waals surface area contributed by atoms with Crippen molar-refractivity contribution in [1.29, 1.82) is 0 Å². The summed E-state index contributed by atoms with van der Waals surface area (Å²) in [5, 5.41) is 2.14. The summed E-state index contributed by atoms with van der Waals surface area (Å²) in [7, 11) is 0. The second-order valence-corrected chi connectivity index (χ2v) is 7.00. The van der Waals surface area contributed by atoms with Gasteiger partial charge in [-0.1, -0.05) is 13.0 Å². The summed E-state index contributed by atoms with van der Waals surface area (Å²) in [6, 6.07) is 7.01. The Balaban J connectivity index is 1.86. The molecule has 0 bridgehead atoms. The first-order valence-corrected chi connectivity index (χ1v) is 8.76. The van der Waals surface area contributed by atoms with Crippen molar-refractivity contribution in [2.24, 2.45) is 0 Å². The van der Waals surface area contributed by atoms with Gasteiger partial charge in [-0.25, -0.2) is 9.97 Å². The molecule has 1 fully saturated rings. The van der Waals surface area contributed by atoms with Gasteiger partial charge in [-0.3, -0.25) is 0 Å². The van der Waals surface area contributed by atoms with Crippen LogP contribution in [0.25, 0.3) is 0 Å². The number of anilines is 1. The van der Waals surface area contributed by atoms with Crippen LogP contribution < -0.4 is 4.90 Å². The molecular weight excluding hydrogens is 334 g/mol. The van der Waals surface area contributed by atoms with Gasteiger partial charge in [0.25, 0.3) is 0 Å². The van der Waals surface area contributed by atoms with E-state index in [1.165, 1.54) is 17.7 Å². The summed E-state index contributed by atoms with van der Waals surface area (Å²) < 4.78 is 0.891. The molecule has 0 unspecified atom stereocenters. The number of hydrogen-bond donors (Lipinski definition) is 0. The van der Waals surface area contributed by atoms with Gasteiger partial charge in [-0.2, -0.15) is 0 Å². The van der Waals surface area contributed by atoms with Crippen LogP contribution in [0.3, 0.4) is 0 Å². The highest BCUT2D eigenvalue weighted by Gasteiger charge is 2.30.